The Hall–Kier alpha value is -1.14. The van der Waals surface area contributed by atoms with Crippen LogP contribution in [0.5, 0.6) is 0 Å². The van der Waals surface area contributed by atoms with Crippen LogP contribution >= 0.6 is 15.9 Å². The van der Waals surface area contributed by atoms with Gasteiger partial charge >= 0.3 is 0 Å². The van der Waals surface area contributed by atoms with Crippen molar-refractivity contribution in [2.75, 3.05) is 11.4 Å². The molecule has 5 nitrogen and oxygen atoms in total. The van der Waals surface area contributed by atoms with Gasteiger partial charge in [-0.2, -0.15) is 0 Å². The quantitative estimate of drug-likeness (QED) is 0.919. The van der Waals surface area contributed by atoms with E-state index in [4.69, 9.17) is 4.63 Å². The number of hydrogen-bond acceptors (Lipinski definition) is 5. The van der Waals surface area contributed by atoms with Crippen LogP contribution in [0.1, 0.15) is 26.7 Å². The second-order valence-corrected chi connectivity index (χ2v) is 6.48. The van der Waals surface area contributed by atoms with E-state index in [-0.39, 0.29) is 6.04 Å². The summed E-state index contributed by atoms with van der Waals surface area (Å²) in [6, 6.07) is 3.97. The molecule has 1 aromatic heterocycles. The minimum absolute atomic E-state index is 0.0849. The highest BCUT2D eigenvalue weighted by molar-refractivity contribution is 9.10. The Morgan fingerprint density at radius 2 is 2.21 bits per heavy atom. The van der Waals surface area contributed by atoms with E-state index in [1.165, 1.54) is 0 Å². The third-order valence-corrected chi connectivity index (χ3v) is 4.14. The molecular weight excluding hydrogens is 310 g/mol. The third-order valence-electron chi connectivity index (χ3n) is 3.68. The summed E-state index contributed by atoms with van der Waals surface area (Å²) in [6.07, 6.45) is 2.04. The van der Waals surface area contributed by atoms with Crippen molar-refractivity contribution in [1.82, 2.24) is 10.3 Å². The van der Waals surface area contributed by atoms with Gasteiger partial charge in [-0.15, -0.1) is 0 Å². The van der Waals surface area contributed by atoms with Crippen molar-refractivity contribution >= 4 is 32.7 Å². The van der Waals surface area contributed by atoms with Crippen LogP contribution in [0, 0.1) is 0 Å². The lowest BCUT2D eigenvalue weighted by molar-refractivity contribution is 0.0535. The molecule has 1 aliphatic heterocycles. The van der Waals surface area contributed by atoms with E-state index >= 15 is 0 Å². The Morgan fingerprint density at radius 3 is 2.95 bits per heavy atom. The van der Waals surface area contributed by atoms with Crippen LogP contribution in [0.2, 0.25) is 0 Å². The lowest BCUT2D eigenvalue weighted by Gasteiger charge is -2.35. The van der Waals surface area contributed by atoms with Crippen LogP contribution in [-0.2, 0) is 0 Å². The summed E-state index contributed by atoms with van der Waals surface area (Å²) >= 11 is 3.49. The number of nitrogens with zero attached hydrogens (tertiary/aromatic N) is 3. The lowest BCUT2D eigenvalue weighted by Crippen LogP contribution is -2.45. The smallest absolute Gasteiger partial charge is 0.158 e. The minimum Gasteiger partial charge on any atom is -0.388 e. The maximum Gasteiger partial charge on any atom is 0.158 e. The molecule has 6 heteroatoms. The zero-order chi connectivity index (χ0) is 13.6. The predicted octanol–water partition coefficient (Wildman–Crippen LogP) is 2.73. The summed E-state index contributed by atoms with van der Waals surface area (Å²) < 4.78 is 5.77. The molecule has 102 valence electrons. The molecule has 1 aromatic carbocycles. The zero-order valence-corrected chi connectivity index (χ0v) is 12.5. The molecule has 1 N–H and O–H groups in total. The van der Waals surface area contributed by atoms with E-state index in [0.29, 0.717) is 0 Å². The largest absolute Gasteiger partial charge is 0.388 e. The first-order valence-corrected chi connectivity index (χ1v) is 7.17. The summed E-state index contributed by atoms with van der Waals surface area (Å²) in [4.78, 5) is 2.21. The lowest BCUT2D eigenvalue weighted by atomic mass is 9.96. The van der Waals surface area contributed by atoms with Crippen molar-refractivity contribution in [2.45, 2.75) is 38.3 Å². The first-order valence-electron chi connectivity index (χ1n) is 6.37. The van der Waals surface area contributed by atoms with Crippen molar-refractivity contribution in [1.29, 1.82) is 0 Å². The molecule has 19 heavy (non-hydrogen) atoms. The average molecular weight is 326 g/mol. The van der Waals surface area contributed by atoms with Crippen molar-refractivity contribution < 1.29 is 9.74 Å². The molecule has 0 amide bonds. The van der Waals surface area contributed by atoms with Gasteiger partial charge in [0, 0.05) is 11.0 Å². The number of anilines is 1. The third kappa shape index (κ3) is 2.23. The average Bonchev–Trinajstić information content (AvgIpc) is 2.94. The van der Waals surface area contributed by atoms with Crippen LogP contribution in [0.3, 0.4) is 0 Å². The zero-order valence-electron chi connectivity index (χ0n) is 10.9. The van der Waals surface area contributed by atoms with E-state index in [1.807, 2.05) is 26.0 Å². The predicted molar refractivity (Wildman–Crippen MR) is 76.2 cm³/mol. The molecule has 1 fully saturated rings. The standard InChI is InChI=1S/C13H16BrN3O2/c1-13(2,18)11-4-3-5-17(11)10-7-8(14)6-9-12(10)16-19-15-9/h6-7,11,18H,3-5H2,1-2H3. The van der Waals surface area contributed by atoms with Crippen LogP contribution < -0.4 is 4.90 Å². The van der Waals surface area contributed by atoms with Gasteiger partial charge in [-0.05, 0) is 49.1 Å². The van der Waals surface area contributed by atoms with Crippen LogP contribution in [0.15, 0.2) is 21.2 Å². The number of hydrogen-bond donors (Lipinski definition) is 1. The molecule has 0 aliphatic carbocycles. The van der Waals surface area contributed by atoms with Gasteiger partial charge in [-0.3, -0.25) is 0 Å². The van der Waals surface area contributed by atoms with Gasteiger partial charge in [-0.1, -0.05) is 15.9 Å². The summed E-state index contributed by atoms with van der Waals surface area (Å²) in [7, 11) is 0. The number of rotatable bonds is 2. The Bertz CT molecular complexity index is 605. The van der Waals surface area contributed by atoms with Gasteiger partial charge in [-0.25, -0.2) is 4.63 Å². The number of fused-ring (bicyclic) bond motifs is 1. The Labute approximate surface area is 119 Å². The number of aliphatic hydroxyl groups is 1. The Kier molecular flexibility index (Phi) is 3.02. The normalized spacial score (nSPS) is 20.4. The van der Waals surface area contributed by atoms with Gasteiger partial charge in [0.2, 0.25) is 0 Å². The second-order valence-electron chi connectivity index (χ2n) is 5.56. The van der Waals surface area contributed by atoms with Crippen LogP contribution in [0.4, 0.5) is 5.69 Å². The summed E-state index contributed by atoms with van der Waals surface area (Å²) in [5.41, 5.74) is 1.70. The molecule has 0 radical (unpaired) electrons. The minimum atomic E-state index is -0.748. The Morgan fingerprint density at radius 1 is 1.42 bits per heavy atom. The molecule has 1 atom stereocenters. The van der Waals surface area contributed by atoms with Gasteiger partial charge in [0.15, 0.2) is 5.52 Å². The Balaban J connectivity index is 2.10. The number of halogens is 1. The van der Waals surface area contributed by atoms with Crippen LogP contribution in [-0.4, -0.2) is 33.6 Å². The van der Waals surface area contributed by atoms with Crippen molar-refractivity contribution in [3.05, 3.63) is 16.6 Å². The topological polar surface area (TPSA) is 62.4 Å². The highest BCUT2D eigenvalue weighted by Gasteiger charge is 2.37. The second kappa shape index (κ2) is 4.45. The van der Waals surface area contributed by atoms with Gasteiger partial charge < -0.3 is 10.0 Å². The first-order chi connectivity index (χ1) is 8.97. The molecule has 3 rings (SSSR count). The monoisotopic (exact) mass is 325 g/mol. The molecule has 1 unspecified atom stereocenters. The van der Waals surface area contributed by atoms with Gasteiger partial charge in [0.25, 0.3) is 0 Å². The maximum atomic E-state index is 10.3. The summed E-state index contributed by atoms with van der Waals surface area (Å²) in [5, 5.41) is 18.2. The van der Waals surface area contributed by atoms with E-state index in [0.717, 1.165) is 40.6 Å². The molecule has 0 bridgehead atoms. The van der Waals surface area contributed by atoms with E-state index in [1.54, 1.807) is 0 Å². The van der Waals surface area contributed by atoms with Crippen LogP contribution in [0.25, 0.3) is 11.0 Å². The fraction of sp³-hybridized carbons (Fsp3) is 0.538. The van der Waals surface area contributed by atoms with Gasteiger partial charge in [0.05, 0.1) is 17.3 Å². The maximum absolute atomic E-state index is 10.3. The summed E-state index contributed by atoms with van der Waals surface area (Å²) in [6.45, 7) is 4.62. The first kappa shape index (κ1) is 12.9. The van der Waals surface area contributed by atoms with E-state index < -0.39 is 5.60 Å². The number of aromatic nitrogens is 2. The molecule has 1 saturated heterocycles. The molecule has 0 saturated carbocycles. The summed E-state index contributed by atoms with van der Waals surface area (Å²) in [5.74, 6) is 0. The highest BCUT2D eigenvalue weighted by Crippen LogP contribution is 2.36. The fourth-order valence-corrected chi connectivity index (χ4v) is 3.28. The molecule has 1 aliphatic rings. The van der Waals surface area contributed by atoms with Crippen molar-refractivity contribution in [3.63, 3.8) is 0 Å². The van der Waals surface area contributed by atoms with E-state index in [2.05, 4.69) is 31.1 Å². The van der Waals surface area contributed by atoms with Crippen molar-refractivity contribution in [2.24, 2.45) is 0 Å². The van der Waals surface area contributed by atoms with Gasteiger partial charge in [0.1, 0.15) is 5.52 Å². The molecule has 2 aromatic rings. The molecule has 0 spiro atoms. The SMILES string of the molecule is CC(C)(O)C1CCCN1c1cc(Br)cc2nonc12. The van der Waals surface area contributed by atoms with Crippen molar-refractivity contribution in [3.8, 4) is 0 Å². The highest BCUT2D eigenvalue weighted by atomic mass is 79.9. The number of benzene rings is 1. The molecule has 2 heterocycles. The molecular formula is C13H16BrN3O2. The van der Waals surface area contributed by atoms with E-state index in [9.17, 15) is 5.11 Å². The fourth-order valence-electron chi connectivity index (χ4n) is 2.85.